The molecule has 0 spiro atoms. The first kappa shape index (κ1) is 13.1. The summed E-state index contributed by atoms with van der Waals surface area (Å²) in [6.07, 6.45) is 3.49. The molecule has 3 fully saturated rings. The molecular weight excluding hydrogens is 258 g/mol. The number of piperidine rings is 3. The SMILES string of the molecule is O=C(O)c1ccc(C(=O)NC2CN3CCC2CC3)nc1. The number of hydrogen-bond donors (Lipinski definition) is 2. The summed E-state index contributed by atoms with van der Waals surface area (Å²) in [6, 6.07) is 3.05. The van der Waals surface area contributed by atoms with Crippen molar-refractivity contribution in [2.45, 2.75) is 18.9 Å². The van der Waals surface area contributed by atoms with Crippen molar-refractivity contribution in [3.63, 3.8) is 0 Å². The van der Waals surface area contributed by atoms with E-state index in [0.717, 1.165) is 32.5 Å². The number of nitrogens with one attached hydrogen (secondary N) is 1. The van der Waals surface area contributed by atoms with E-state index in [2.05, 4.69) is 15.2 Å². The van der Waals surface area contributed by atoms with E-state index in [-0.39, 0.29) is 23.2 Å². The van der Waals surface area contributed by atoms with Crippen molar-refractivity contribution >= 4 is 11.9 Å². The Morgan fingerprint density at radius 3 is 2.55 bits per heavy atom. The molecule has 20 heavy (non-hydrogen) atoms. The van der Waals surface area contributed by atoms with Gasteiger partial charge in [0.1, 0.15) is 5.69 Å². The third-order valence-electron chi connectivity index (χ3n) is 4.22. The molecule has 1 aromatic rings. The molecule has 0 aliphatic carbocycles. The number of rotatable bonds is 3. The van der Waals surface area contributed by atoms with E-state index >= 15 is 0 Å². The van der Waals surface area contributed by atoms with Crippen molar-refractivity contribution in [3.8, 4) is 0 Å². The number of nitrogens with zero attached hydrogens (tertiary/aromatic N) is 2. The van der Waals surface area contributed by atoms with E-state index in [9.17, 15) is 9.59 Å². The van der Waals surface area contributed by atoms with Crippen LogP contribution < -0.4 is 5.32 Å². The average Bonchev–Trinajstić information content (AvgIpc) is 2.48. The number of fused-ring (bicyclic) bond motifs is 3. The van der Waals surface area contributed by atoms with Gasteiger partial charge in [0.2, 0.25) is 0 Å². The lowest BCUT2D eigenvalue weighted by Gasteiger charge is -2.44. The zero-order valence-corrected chi connectivity index (χ0v) is 11.1. The molecular formula is C14H17N3O3. The van der Waals surface area contributed by atoms with E-state index in [1.807, 2.05) is 0 Å². The molecule has 106 valence electrons. The standard InChI is InChI=1S/C14H17N3O3/c18-13(11-2-1-10(7-15-11)14(19)20)16-12-8-17-5-3-9(12)4-6-17/h1-2,7,9,12H,3-6,8H2,(H,16,18)(H,19,20). The lowest BCUT2D eigenvalue weighted by atomic mass is 9.84. The Balaban J connectivity index is 1.65. The van der Waals surface area contributed by atoms with Gasteiger partial charge in [-0.3, -0.25) is 9.78 Å². The number of carbonyl (C=O) groups excluding carboxylic acids is 1. The van der Waals surface area contributed by atoms with Crippen LogP contribution in [0.2, 0.25) is 0 Å². The Hall–Kier alpha value is -1.95. The summed E-state index contributed by atoms with van der Waals surface area (Å²) in [5, 5.41) is 11.8. The molecule has 3 aliphatic heterocycles. The van der Waals surface area contributed by atoms with Crippen LogP contribution in [-0.4, -0.2) is 52.5 Å². The largest absolute Gasteiger partial charge is 0.478 e. The lowest BCUT2D eigenvalue weighted by molar-refractivity contribution is 0.0616. The quantitative estimate of drug-likeness (QED) is 0.844. The van der Waals surface area contributed by atoms with Gasteiger partial charge < -0.3 is 15.3 Å². The fourth-order valence-corrected chi connectivity index (χ4v) is 3.03. The summed E-state index contributed by atoms with van der Waals surface area (Å²) in [5.74, 6) is -0.704. The van der Waals surface area contributed by atoms with Gasteiger partial charge in [0.15, 0.2) is 0 Å². The zero-order valence-electron chi connectivity index (χ0n) is 11.1. The second-order valence-electron chi connectivity index (χ2n) is 5.46. The van der Waals surface area contributed by atoms with E-state index < -0.39 is 5.97 Å². The second-order valence-corrected chi connectivity index (χ2v) is 5.46. The summed E-state index contributed by atoms with van der Waals surface area (Å²) < 4.78 is 0. The van der Waals surface area contributed by atoms with Crippen LogP contribution in [0.3, 0.4) is 0 Å². The molecule has 1 aromatic heterocycles. The molecule has 3 saturated heterocycles. The van der Waals surface area contributed by atoms with Gasteiger partial charge in [0.25, 0.3) is 5.91 Å². The van der Waals surface area contributed by atoms with Crippen molar-refractivity contribution in [2.75, 3.05) is 19.6 Å². The van der Waals surface area contributed by atoms with Crippen molar-refractivity contribution in [2.24, 2.45) is 5.92 Å². The van der Waals surface area contributed by atoms with Gasteiger partial charge in [-0.15, -0.1) is 0 Å². The maximum absolute atomic E-state index is 12.1. The first-order valence-corrected chi connectivity index (χ1v) is 6.86. The Labute approximate surface area is 116 Å². The summed E-state index contributed by atoms with van der Waals surface area (Å²) in [7, 11) is 0. The van der Waals surface area contributed by atoms with Crippen LogP contribution in [0, 0.1) is 5.92 Å². The fourth-order valence-electron chi connectivity index (χ4n) is 3.03. The number of pyridine rings is 1. The highest BCUT2D eigenvalue weighted by Crippen LogP contribution is 2.27. The van der Waals surface area contributed by atoms with Gasteiger partial charge in [0, 0.05) is 18.8 Å². The first-order valence-electron chi connectivity index (χ1n) is 6.86. The molecule has 6 nitrogen and oxygen atoms in total. The van der Waals surface area contributed by atoms with Crippen LogP contribution in [0.4, 0.5) is 0 Å². The molecule has 1 amide bonds. The highest BCUT2D eigenvalue weighted by molar-refractivity contribution is 5.93. The normalized spacial score (nSPS) is 28.1. The highest BCUT2D eigenvalue weighted by Gasteiger charge is 2.35. The minimum Gasteiger partial charge on any atom is -0.478 e. The second kappa shape index (κ2) is 5.20. The van der Waals surface area contributed by atoms with Gasteiger partial charge in [-0.1, -0.05) is 0 Å². The summed E-state index contributed by atoms with van der Waals surface area (Å²) in [5.41, 5.74) is 0.357. The Morgan fingerprint density at radius 2 is 2.05 bits per heavy atom. The molecule has 0 radical (unpaired) electrons. The number of aromatic nitrogens is 1. The topological polar surface area (TPSA) is 82.5 Å². The third kappa shape index (κ3) is 2.51. The molecule has 0 saturated carbocycles. The van der Waals surface area contributed by atoms with E-state index in [1.165, 1.54) is 18.3 Å². The average molecular weight is 275 g/mol. The fraction of sp³-hybridized carbons (Fsp3) is 0.500. The van der Waals surface area contributed by atoms with Gasteiger partial charge in [0.05, 0.1) is 5.56 Å². The summed E-state index contributed by atoms with van der Waals surface area (Å²) >= 11 is 0. The van der Waals surface area contributed by atoms with Gasteiger partial charge in [-0.2, -0.15) is 0 Å². The maximum Gasteiger partial charge on any atom is 0.337 e. The number of carboxylic acid groups (broad SMARTS) is 1. The van der Waals surface area contributed by atoms with Gasteiger partial charge in [-0.25, -0.2) is 4.79 Å². The predicted molar refractivity (Wildman–Crippen MR) is 71.6 cm³/mol. The van der Waals surface area contributed by atoms with Gasteiger partial charge >= 0.3 is 5.97 Å². The van der Waals surface area contributed by atoms with E-state index in [0.29, 0.717) is 5.92 Å². The smallest absolute Gasteiger partial charge is 0.337 e. The Kier molecular flexibility index (Phi) is 3.40. The molecule has 1 unspecified atom stereocenters. The van der Waals surface area contributed by atoms with Crippen LogP contribution in [0.5, 0.6) is 0 Å². The molecule has 0 aromatic carbocycles. The summed E-state index contributed by atoms with van der Waals surface area (Å²) in [6.45, 7) is 3.16. The molecule has 2 N–H and O–H groups in total. The number of carbonyl (C=O) groups is 2. The molecule has 4 heterocycles. The molecule has 1 atom stereocenters. The molecule has 2 bridgehead atoms. The van der Waals surface area contributed by atoms with Crippen molar-refractivity contribution in [1.29, 1.82) is 0 Å². The third-order valence-corrected chi connectivity index (χ3v) is 4.22. The number of aromatic carboxylic acids is 1. The van der Waals surface area contributed by atoms with Crippen LogP contribution >= 0.6 is 0 Å². The van der Waals surface area contributed by atoms with Crippen LogP contribution in [0.25, 0.3) is 0 Å². The van der Waals surface area contributed by atoms with Crippen molar-refractivity contribution in [1.82, 2.24) is 15.2 Å². The van der Waals surface area contributed by atoms with Crippen molar-refractivity contribution in [3.05, 3.63) is 29.6 Å². The van der Waals surface area contributed by atoms with Crippen LogP contribution in [-0.2, 0) is 0 Å². The van der Waals surface area contributed by atoms with E-state index in [1.54, 1.807) is 0 Å². The summed E-state index contributed by atoms with van der Waals surface area (Å²) in [4.78, 5) is 29.2. The zero-order chi connectivity index (χ0) is 14.1. The van der Waals surface area contributed by atoms with E-state index in [4.69, 9.17) is 5.11 Å². The number of amides is 1. The highest BCUT2D eigenvalue weighted by atomic mass is 16.4. The number of carboxylic acids is 1. The lowest BCUT2D eigenvalue weighted by Crippen LogP contribution is -2.57. The maximum atomic E-state index is 12.1. The van der Waals surface area contributed by atoms with Crippen molar-refractivity contribution < 1.29 is 14.7 Å². The first-order chi connectivity index (χ1) is 9.63. The predicted octanol–water partition coefficient (Wildman–Crippen LogP) is 0.604. The molecule has 6 heteroatoms. The minimum absolute atomic E-state index is 0.0874. The monoisotopic (exact) mass is 275 g/mol. The molecule has 3 aliphatic rings. The van der Waals surface area contributed by atoms with Gasteiger partial charge in [-0.05, 0) is 44.0 Å². The Morgan fingerprint density at radius 1 is 1.30 bits per heavy atom. The number of hydrogen-bond acceptors (Lipinski definition) is 4. The minimum atomic E-state index is -1.04. The van der Waals surface area contributed by atoms with Crippen LogP contribution in [0.15, 0.2) is 18.3 Å². The van der Waals surface area contributed by atoms with Crippen LogP contribution in [0.1, 0.15) is 33.7 Å². The molecule has 4 rings (SSSR count). The Bertz CT molecular complexity index is 521.